The highest BCUT2D eigenvalue weighted by molar-refractivity contribution is 5.52. The van der Waals surface area contributed by atoms with E-state index < -0.39 is 11.6 Å². The molecule has 2 aromatic rings. The first-order valence-corrected chi connectivity index (χ1v) is 7.86. The number of benzene rings is 1. The van der Waals surface area contributed by atoms with Crippen LogP contribution in [0.3, 0.4) is 0 Å². The van der Waals surface area contributed by atoms with Gasteiger partial charge in [-0.2, -0.15) is 0 Å². The fourth-order valence-electron chi connectivity index (χ4n) is 2.90. The van der Waals surface area contributed by atoms with Crippen LogP contribution in [0.15, 0.2) is 24.4 Å². The van der Waals surface area contributed by atoms with Gasteiger partial charge in [-0.3, -0.25) is 0 Å². The topological polar surface area (TPSA) is 32.3 Å². The third-order valence-corrected chi connectivity index (χ3v) is 4.17. The largest absolute Gasteiger partial charge is 0.366 e. The molecular formula is C17H20F2N4. The Bertz CT molecular complexity index is 697. The second kappa shape index (κ2) is 6.48. The van der Waals surface area contributed by atoms with Gasteiger partial charge in [-0.1, -0.05) is 6.92 Å². The summed E-state index contributed by atoms with van der Waals surface area (Å²) in [6.45, 7) is 6.82. The Morgan fingerprint density at radius 3 is 2.43 bits per heavy atom. The average molecular weight is 318 g/mol. The quantitative estimate of drug-likeness (QED) is 0.871. The van der Waals surface area contributed by atoms with E-state index in [0.717, 1.165) is 42.8 Å². The van der Waals surface area contributed by atoms with Crippen LogP contribution in [0.2, 0.25) is 0 Å². The van der Waals surface area contributed by atoms with Gasteiger partial charge in [-0.15, -0.1) is 0 Å². The maximum absolute atomic E-state index is 13.9. The van der Waals surface area contributed by atoms with Gasteiger partial charge in [-0.05, 0) is 25.5 Å². The number of rotatable bonds is 3. The van der Waals surface area contributed by atoms with Gasteiger partial charge >= 0.3 is 0 Å². The average Bonchev–Trinajstić information content (AvgIpc) is 2.55. The van der Waals surface area contributed by atoms with Gasteiger partial charge in [0, 0.05) is 44.0 Å². The van der Waals surface area contributed by atoms with E-state index in [1.165, 1.54) is 12.1 Å². The Hall–Kier alpha value is -2.24. The summed E-state index contributed by atoms with van der Waals surface area (Å²) in [5.74, 6) is 0.669. The minimum absolute atomic E-state index is 0.459. The van der Waals surface area contributed by atoms with E-state index in [1.807, 2.05) is 18.0 Å². The molecule has 23 heavy (non-hydrogen) atoms. The van der Waals surface area contributed by atoms with Crippen LogP contribution in [0.4, 0.5) is 20.3 Å². The molecular weight excluding hydrogens is 298 g/mol. The molecule has 1 aliphatic rings. The van der Waals surface area contributed by atoms with E-state index in [0.29, 0.717) is 18.8 Å². The zero-order valence-corrected chi connectivity index (χ0v) is 13.4. The van der Waals surface area contributed by atoms with Crippen molar-refractivity contribution < 1.29 is 8.78 Å². The number of hydrogen-bond acceptors (Lipinski definition) is 4. The summed E-state index contributed by atoms with van der Waals surface area (Å²) in [7, 11) is 0. The summed E-state index contributed by atoms with van der Waals surface area (Å²) in [6.07, 6.45) is 2.76. The molecule has 0 unspecified atom stereocenters. The lowest BCUT2D eigenvalue weighted by atomic mass is 10.2. The van der Waals surface area contributed by atoms with Crippen molar-refractivity contribution in [2.75, 3.05) is 36.0 Å². The van der Waals surface area contributed by atoms with E-state index in [1.54, 1.807) is 0 Å². The summed E-state index contributed by atoms with van der Waals surface area (Å²) >= 11 is 0. The van der Waals surface area contributed by atoms with Crippen molar-refractivity contribution in [3.63, 3.8) is 0 Å². The van der Waals surface area contributed by atoms with Gasteiger partial charge in [0.25, 0.3) is 0 Å². The molecule has 0 saturated carbocycles. The van der Waals surface area contributed by atoms with Gasteiger partial charge in [0.05, 0.1) is 5.69 Å². The van der Waals surface area contributed by atoms with Crippen molar-refractivity contribution in [3.8, 4) is 0 Å². The normalized spacial score (nSPS) is 15.1. The molecule has 0 amide bonds. The monoisotopic (exact) mass is 318 g/mol. The smallest absolute Gasteiger partial charge is 0.149 e. The predicted molar refractivity (Wildman–Crippen MR) is 86.9 cm³/mol. The van der Waals surface area contributed by atoms with Crippen LogP contribution >= 0.6 is 0 Å². The highest BCUT2D eigenvalue weighted by Crippen LogP contribution is 2.24. The maximum Gasteiger partial charge on any atom is 0.149 e. The third kappa shape index (κ3) is 3.25. The summed E-state index contributed by atoms with van der Waals surface area (Å²) in [5, 5.41) is 0. The highest BCUT2D eigenvalue weighted by atomic mass is 19.1. The van der Waals surface area contributed by atoms with Crippen LogP contribution in [0.25, 0.3) is 0 Å². The maximum atomic E-state index is 13.9. The molecule has 0 bridgehead atoms. The van der Waals surface area contributed by atoms with Gasteiger partial charge in [0.2, 0.25) is 0 Å². The highest BCUT2D eigenvalue weighted by Gasteiger charge is 2.22. The van der Waals surface area contributed by atoms with E-state index in [4.69, 9.17) is 0 Å². The molecule has 0 aliphatic carbocycles. The fourth-order valence-corrected chi connectivity index (χ4v) is 2.90. The Labute approximate surface area is 134 Å². The van der Waals surface area contributed by atoms with Crippen molar-refractivity contribution in [1.82, 2.24) is 9.97 Å². The van der Waals surface area contributed by atoms with Crippen molar-refractivity contribution in [1.29, 1.82) is 0 Å². The lowest BCUT2D eigenvalue weighted by Gasteiger charge is -2.37. The Kier molecular flexibility index (Phi) is 4.41. The second-order valence-electron chi connectivity index (χ2n) is 5.69. The zero-order valence-electron chi connectivity index (χ0n) is 13.4. The summed E-state index contributed by atoms with van der Waals surface area (Å²) in [5.41, 5.74) is 1.58. The molecule has 4 nitrogen and oxygen atoms in total. The molecule has 3 rings (SSSR count). The van der Waals surface area contributed by atoms with Gasteiger partial charge in [0.1, 0.15) is 23.3 Å². The molecule has 1 fully saturated rings. The van der Waals surface area contributed by atoms with Crippen LogP contribution in [0, 0.1) is 18.6 Å². The van der Waals surface area contributed by atoms with E-state index in [2.05, 4.69) is 21.8 Å². The molecule has 1 saturated heterocycles. The van der Waals surface area contributed by atoms with Crippen molar-refractivity contribution >= 4 is 11.5 Å². The lowest BCUT2D eigenvalue weighted by molar-refractivity contribution is 0.569. The molecule has 0 atom stereocenters. The molecule has 0 spiro atoms. The first kappa shape index (κ1) is 15.6. The van der Waals surface area contributed by atoms with Crippen LogP contribution < -0.4 is 9.80 Å². The zero-order chi connectivity index (χ0) is 16.4. The summed E-state index contributed by atoms with van der Waals surface area (Å²) in [4.78, 5) is 13.0. The first-order chi connectivity index (χ1) is 11.1. The van der Waals surface area contributed by atoms with Gasteiger partial charge in [-0.25, -0.2) is 18.7 Å². The summed E-state index contributed by atoms with van der Waals surface area (Å²) < 4.78 is 26.9. The number of piperazine rings is 1. The Balaban J connectivity index is 1.75. The van der Waals surface area contributed by atoms with Gasteiger partial charge in [0.15, 0.2) is 0 Å². The number of halogens is 2. The lowest BCUT2D eigenvalue weighted by Crippen LogP contribution is -2.47. The first-order valence-electron chi connectivity index (χ1n) is 7.86. The molecule has 0 N–H and O–H groups in total. The van der Waals surface area contributed by atoms with Crippen LogP contribution in [0.1, 0.15) is 18.3 Å². The molecule has 122 valence electrons. The molecule has 0 radical (unpaired) electrons. The van der Waals surface area contributed by atoms with Crippen LogP contribution in [0.5, 0.6) is 0 Å². The van der Waals surface area contributed by atoms with Crippen molar-refractivity contribution in [2.45, 2.75) is 20.3 Å². The molecule has 6 heteroatoms. The Morgan fingerprint density at radius 2 is 1.78 bits per heavy atom. The number of aromatic nitrogens is 2. The fraction of sp³-hybridized carbons (Fsp3) is 0.412. The van der Waals surface area contributed by atoms with Crippen molar-refractivity contribution in [2.24, 2.45) is 0 Å². The molecule has 1 aromatic heterocycles. The molecule has 1 aliphatic heterocycles. The number of nitrogens with zero attached hydrogens (tertiary/aromatic N) is 4. The van der Waals surface area contributed by atoms with Crippen LogP contribution in [-0.2, 0) is 6.42 Å². The molecule has 2 heterocycles. The number of hydrogen-bond donors (Lipinski definition) is 0. The number of anilines is 2. The second-order valence-corrected chi connectivity index (χ2v) is 5.69. The van der Waals surface area contributed by atoms with Gasteiger partial charge < -0.3 is 9.80 Å². The SMILES string of the molecule is CCc1cnc(C)nc1N1CCN(c2ccc(F)cc2F)CC1. The standard InChI is InChI=1S/C17H20F2N4/c1-3-13-11-20-12(2)21-17(13)23-8-6-22(7-9-23)16-5-4-14(18)10-15(16)19/h4-5,10-11H,3,6-9H2,1-2H3. The molecule has 1 aromatic carbocycles. The van der Waals surface area contributed by atoms with Crippen molar-refractivity contribution in [3.05, 3.63) is 47.4 Å². The minimum Gasteiger partial charge on any atom is -0.366 e. The van der Waals surface area contributed by atoms with E-state index >= 15 is 0 Å². The Morgan fingerprint density at radius 1 is 1.09 bits per heavy atom. The number of aryl methyl sites for hydroxylation is 2. The van der Waals surface area contributed by atoms with Crippen LogP contribution in [-0.4, -0.2) is 36.1 Å². The van der Waals surface area contributed by atoms with E-state index in [-0.39, 0.29) is 0 Å². The van der Waals surface area contributed by atoms with E-state index in [9.17, 15) is 8.78 Å². The third-order valence-electron chi connectivity index (χ3n) is 4.17. The summed E-state index contributed by atoms with van der Waals surface area (Å²) in [6, 6.07) is 3.74. The minimum atomic E-state index is -0.547. The predicted octanol–water partition coefficient (Wildman–Crippen LogP) is 2.95.